The number of nitrogens with zero attached hydrogens (tertiary/aromatic N) is 1. The van der Waals surface area contributed by atoms with Crippen LogP contribution in [0.1, 0.15) is 18.9 Å². The molecule has 0 aliphatic heterocycles. The molecule has 0 aliphatic carbocycles. The van der Waals surface area contributed by atoms with E-state index < -0.39 is 16.4 Å². The van der Waals surface area contributed by atoms with Gasteiger partial charge in [-0.25, -0.2) is 0 Å². The first-order valence-electron chi connectivity index (χ1n) is 4.69. The van der Waals surface area contributed by atoms with Gasteiger partial charge in [0, 0.05) is 12.1 Å². The van der Waals surface area contributed by atoms with E-state index in [4.69, 9.17) is 5.73 Å². The molecule has 0 fully saturated rings. The highest BCUT2D eigenvalue weighted by molar-refractivity contribution is 5.36. The second-order valence-electron chi connectivity index (χ2n) is 3.56. The fourth-order valence-corrected chi connectivity index (χ4v) is 1.25. The Labute approximate surface area is 87.0 Å². The molecule has 5 heteroatoms. The minimum Gasteiger partial charge on any atom is -0.328 e. The smallest absolute Gasteiger partial charge is 0.305 e. The highest BCUT2D eigenvalue weighted by Gasteiger charge is 2.14. The van der Waals surface area contributed by atoms with Gasteiger partial charge in [0.15, 0.2) is 0 Å². The maximum Gasteiger partial charge on any atom is 0.305 e. The summed E-state index contributed by atoms with van der Waals surface area (Å²) in [7, 11) is 0. The van der Waals surface area contributed by atoms with Crippen LogP contribution in [-0.2, 0) is 6.42 Å². The van der Waals surface area contributed by atoms with E-state index in [1.807, 2.05) is 6.92 Å². The largest absolute Gasteiger partial charge is 0.328 e. The number of benzene rings is 1. The molecule has 0 saturated carbocycles. The topological polar surface area (TPSA) is 69.2 Å². The first-order chi connectivity index (χ1) is 7.00. The van der Waals surface area contributed by atoms with E-state index in [0.717, 1.165) is 18.1 Å². The molecule has 0 aliphatic rings. The number of halogens is 1. The molecule has 2 N–H and O–H groups in total. The Kier molecular flexibility index (Phi) is 3.74. The standard InChI is InChI=1S/C10H13FN2O2/c1-7(12)2-3-8-4-5-9(11)10(6-8)13(14)15/h4-7H,2-3,12H2,1H3/t7-/m1/s1. The highest BCUT2D eigenvalue weighted by Crippen LogP contribution is 2.19. The molecule has 82 valence electrons. The van der Waals surface area contributed by atoms with E-state index in [1.54, 1.807) is 6.07 Å². The van der Waals surface area contributed by atoms with Crippen molar-refractivity contribution in [2.45, 2.75) is 25.8 Å². The number of aryl methyl sites for hydroxylation is 1. The number of nitrogens with two attached hydrogens (primary N) is 1. The van der Waals surface area contributed by atoms with Gasteiger partial charge >= 0.3 is 5.69 Å². The molecule has 1 rings (SSSR count). The van der Waals surface area contributed by atoms with Gasteiger partial charge in [-0.15, -0.1) is 0 Å². The van der Waals surface area contributed by atoms with Crippen molar-refractivity contribution in [1.29, 1.82) is 0 Å². The van der Waals surface area contributed by atoms with Crippen LogP contribution in [-0.4, -0.2) is 11.0 Å². The highest BCUT2D eigenvalue weighted by atomic mass is 19.1. The molecule has 1 aromatic rings. The van der Waals surface area contributed by atoms with Crippen LogP contribution in [0.2, 0.25) is 0 Å². The summed E-state index contributed by atoms with van der Waals surface area (Å²) in [5.41, 5.74) is 5.82. The second-order valence-corrected chi connectivity index (χ2v) is 3.56. The Morgan fingerprint density at radius 2 is 2.27 bits per heavy atom. The van der Waals surface area contributed by atoms with Crippen molar-refractivity contribution in [3.8, 4) is 0 Å². The zero-order chi connectivity index (χ0) is 11.4. The zero-order valence-electron chi connectivity index (χ0n) is 8.44. The van der Waals surface area contributed by atoms with Crippen LogP contribution in [0.5, 0.6) is 0 Å². The fraction of sp³-hybridized carbons (Fsp3) is 0.400. The van der Waals surface area contributed by atoms with Crippen molar-refractivity contribution in [2.75, 3.05) is 0 Å². The first kappa shape index (κ1) is 11.6. The molecular weight excluding hydrogens is 199 g/mol. The molecule has 0 spiro atoms. The lowest BCUT2D eigenvalue weighted by molar-refractivity contribution is -0.387. The predicted molar refractivity (Wildman–Crippen MR) is 55.0 cm³/mol. The van der Waals surface area contributed by atoms with Crippen LogP contribution in [0.4, 0.5) is 10.1 Å². The summed E-state index contributed by atoms with van der Waals surface area (Å²) in [6, 6.07) is 3.96. The maximum absolute atomic E-state index is 13.0. The number of nitro benzene ring substituents is 1. The summed E-state index contributed by atoms with van der Waals surface area (Å²) in [6.07, 6.45) is 1.35. The van der Waals surface area contributed by atoms with Gasteiger partial charge in [-0.05, 0) is 31.4 Å². The Morgan fingerprint density at radius 3 is 2.80 bits per heavy atom. The third-order valence-electron chi connectivity index (χ3n) is 2.10. The molecule has 0 unspecified atom stereocenters. The Hall–Kier alpha value is -1.49. The van der Waals surface area contributed by atoms with Crippen molar-refractivity contribution in [2.24, 2.45) is 5.73 Å². The van der Waals surface area contributed by atoms with Crippen LogP contribution < -0.4 is 5.73 Å². The Bertz CT molecular complexity index is 366. The van der Waals surface area contributed by atoms with Crippen LogP contribution in [0.3, 0.4) is 0 Å². The molecule has 0 heterocycles. The van der Waals surface area contributed by atoms with Crippen LogP contribution in [0.15, 0.2) is 18.2 Å². The van der Waals surface area contributed by atoms with Gasteiger partial charge in [-0.1, -0.05) is 6.07 Å². The van der Waals surface area contributed by atoms with E-state index in [1.165, 1.54) is 6.07 Å². The monoisotopic (exact) mass is 212 g/mol. The fourth-order valence-electron chi connectivity index (χ4n) is 1.25. The number of nitro groups is 1. The van der Waals surface area contributed by atoms with Gasteiger partial charge < -0.3 is 5.73 Å². The molecule has 1 aromatic carbocycles. The normalized spacial score (nSPS) is 12.5. The lowest BCUT2D eigenvalue weighted by Crippen LogP contribution is -2.15. The summed E-state index contributed by atoms with van der Waals surface area (Å²) < 4.78 is 13.0. The van der Waals surface area contributed by atoms with Crippen molar-refractivity contribution >= 4 is 5.69 Å². The maximum atomic E-state index is 13.0. The van der Waals surface area contributed by atoms with Gasteiger partial charge in [0.25, 0.3) is 0 Å². The molecule has 0 saturated heterocycles. The van der Waals surface area contributed by atoms with E-state index in [2.05, 4.69) is 0 Å². The summed E-state index contributed by atoms with van der Waals surface area (Å²) >= 11 is 0. The van der Waals surface area contributed by atoms with E-state index in [0.29, 0.717) is 6.42 Å². The van der Waals surface area contributed by atoms with Crippen LogP contribution in [0, 0.1) is 15.9 Å². The lowest BCUT2D eigenvalue weighted by Gasteiger charge is -2.04. The summed E-state index contributed by atoms with van der Waals surface area (Å²) in [6.45, 7) is 1.86. The van der Waals surface area contributed by atoms with Crippen molar-refractivity contribution in [3.05, 3.63) is 39.7 Å². The first-order valence-corrected chi connectivity index (χ1v) is 4.69. The van der Waals surface area contributed by atoms with Crippen molar-refractivity contribution in [1.82, 2.24) is 0 Å². The average molecular weight is 212 g/mol. The second kappa shape index (κ2) is 4.84. The molecule has 4 nitrogen and oxygen atoms in total. The number of hydrogen-bond donors (Lipinski definition) is 1. The van der Waals surface area contributed by atoms with Gasteiger partial charge in [0.2, 0.25) is 5.82 Å². The SMILES string of the molecule is C[C@@H](N)CCc1ccc(F)c([N+](=O)[O-])c1. The quantitative estimate of drug-likeness (QED) is 0.613. The van der Waals surface area contributed by atoms with Crippen molar-refractivity contribution < 1.29 is 9.31 Å². The van der Waals surface area contributed by atoms with Crippen molar-refractivity contribution in [3.63, 3.8) is 0 Å². The van der Waals surface area contributed by atoms with Gasteiger partial charge in [0.1, 0.15) is 0 Å². The predicted octanol–water partition coefficient (Wildman–Crippen LogP) is 2.01. The molecular formula is C10H13FN2O2. The van der Waals surface area contributed by atoms with Gasteiger partial charge in [0.05, 0.1) is 4.92 Å². The molecule has 0 amide bonds. The Morgan fingerprint density at radius 1 is 1.60 bits per heavy atom. The third kappa shape index (κ3) is 3.28. The van der Waals surface area contributed by atoms with Gasteiger partial charge in [-0.2, -0.15) is 4.39 Å². The Balaban J connectivity index is 2.83. The average Bonchev–Trinajstić information content (AvgIpc) is 2.16. The molecule has 0 bridgehead atoms. The number of hydrogen-bond acceptors (Lipinski definition) is 3. The van der Waals surface area contributed by atoms with Crippen LogP contribution in [0.25, 0.3) is 0 Å². The summed E-state index contributed by atoms with van der Waals surface area (Å²) in [5.74, 6) is -0.801. The molecule has 15 heavy (non-hydrogen) atoms. The molecule has 1 atom stereocenters. The molecule has 0 radical (unpaired) electrons. The van der Waals surface area contributed by atoms with E-state index in [-0.39, 0.29) is 6.04 Å². The van der Waals surface area contributed by atoms with Crippen LogP contribution >= 0.6 is 0 Å². The minimum absolute atomic E-state index is 0.0362. The third-order valence-corrected chi connectivity index (χ3v) is 2.10. The van der Waals surface area contributed by atoms with Gasteiger partial charge in [-0.3, -0.25) is 10.1 Å². The molecule has 0 aromatic heterocycles. The summed E-state index contributed by atoms with van der Waals surface area (Å²) in [4.78, 5) is 9.74. The summed E-state index contributed by atoms with van der Waals surface area (Å²) in [5, 5.41) is 10.5. The van der Waals surface area contributed by atoms with E-state index >= 15 is 0 Å². The minimum atomic E-state index is -0.801. The zero-order valence-corrected chi connectivity index (χ0v) is 8.44. The number of rotatable bonds is 4. The lowest BCUT2D eigenvalue weighted by atomic mass is 10.1. The van der Waals surface area contributed by atoms with E-state index in [9.17, 15) is 14.5 Å².